The largest absolute Gasteiger partial charge is 0.508 e. The fourth-order valence-corrected chi connectivity index (χ4v) is 2.63. The van der Waals surface area contributed by atoms with Crippen LogP contribution in [0.25, 0.3) is 0 Å². The molecular formula is C15H24Cl2N2O3. The molecule has 0 saturated carbocycles. The van der Waals surface area contributed by atoms with Crippen molar-refractivity contribution in [2.45, 2.75) is 6.04 Å². The Morgan fingerprint density at radius 2 is 1.68 bits per heavy atom. The van der Waals surface area contributed by atoms with Crippen molar-refractivity contribution in [2.24, 2.45) is 0 Å². The van der Waals surface area contributed by atoms with Gasteiger partial charge in [-0.1, -0.05) is 6.08 Å². The minimum absolute atomic E-state index is 0. The van der Waals surface area contributed by atoms with E-state index in [1.165, 1.54) is 0 Å². The summed E-state index contributed by atoms with van der Waals surface area (Å²) in [6, 6.07) is 3.22. The number of rotatable bonds is 5. The van der Waals surface area contributed by atoms with Crippen LogP contribution in [0.5, 0.6) is 17.2 Å². The molecule has 2 rings (SSSR count). The van der Waals surface area contributed by atoms with Gasteiger partial charge in [0.05, 0.1) is 25.8 Å². The van der Waals surface area contributed by atoms with Gasteiger partial charge in [-0.2, -0.15) is 0 Å². The van der Waals surface area contributed by atoms with Gasteiger partial charge in [-0.3, -0.25) is 4.90 Å². The maximum Gasteiger partial charge on any atom is 0.131 e. The zero-order valence-electron chi connectivity index (χ0n) is 12.9. The second-order valence-corrected chi connectivity index (χ2v) is 4.73. The first-order valence-corrected chi connectivity index (χ1v) is 6.73. The Morgan fingerprint density at radius 3 is 2.09 bits per heavy atom. The number of halogens is 2. The molecule has 1 atom stereocenters. The third-order valence-corrected chi connectivity index (χ3v) is 3.59. The minimum Gasteiger partial charge on any atom is -0.508 e. The molecule has 0 radical (unpaired) electrons. The first-order chi connectivity index (χ1) is 9.71. The fourth-order valence-electron chi connectivity index (χ4n) is 2.63. The zero-order chi connectivity index (χ0) is 14.5. The highest BCUT2D eigenvalue weighted by molar-refractivity contribution is 5.85. The molecule has 7 heteroatoms. The summed E-state index contributed by atoms with van der Waals surface area (Å²) in [7, 11) is 3.19. The quantitative estimate of drug-likeness (QED) is 0.798. The SMILES string of the molecule is C=C[C@H](c1c(OC)cc(O)cc1OC)N1CCNCC1.Cl.Cl. The van der Waals surface area contributed by atoms with Gasteiger partial charge in [0.15, 0.2) is 0 Å². The number of nitrogens with one attached hydrogen (secondary N) is 1. The van der Waals surface area contributed by atoms with E-state index >= 15 is 0 Å². The number of methoxy groups -OCH3 is 2. The highest BCUT2D eigenvalue weighted by atomic mass is 35.5. The molecule has 1 fully saturated rings. The molecule has 5 nitrogen and oxygen atoms in total. The fraction of sp³-hybridized carbons (Fsp3) is 0.467. The summed E-state index contributed by atoms with van der Waals surface area (Å²) in [6.45, 7) is 7.72. The molecule has 0 bridgehead atoms. The van der Waals surface area contributed by atoms with E-state index in [2.05, 4.69) is 16.8 Å². The van der Waals surface area contributed by atoms with Crippen LogP contribution < -0.4 is 14.8 Å². The molecule has 1 aliphatic rings. The summed E-state index contributed by atoms with van der Waals surface area (Å²) < 4.78 is 10.8. The van der Waals surface area contributed by atoms with Crippen molar-refractivity contribution in [1.82, 2.24) is 10.2 Å². The molecule has 1 aromatic carbocycles. The number of aromatic hydroxyl groups is 1. The lowest BCUT2D eigenvalue weighted by atomic mass is 10.0. The van der Waals surface area contributed by atoms with Crippen molar-refractivity contribution >= 4 is 24.8 Å². The summed E-state index contributed by atoms with van der Waals surface area (Å²) in [5.41, 5.74) is 0.907. The van der Waals surface area contributed by atoms with Gasteiger partial charge in [-0.05, 0) is 0 Å². The van der Waals surface area contributed by atoms with Crippen molar-refractivity contribution in [2.75, 3.05) is 40.4 Å². The second kappa shape index (κ2) is 9.79. The number of nitrogens with zero attached hydrogens (tertiary/aromatic N) is 1. The van der Waals surface area contributed by atoms with Gasteiger partial charge in [-0.25, -0.2) is 0 Å². The third kappa shape index (κ3) is 4.43. The van der Waals surface area contributed by atoms with Crippen LogP contribution in [0, 0.1) is 0 Å². The lowest BCUT2D eigenvalue weighted by Crippen LogP contribution is -2.44. The van der Waals surface area contributed by atoms with Crippen molar-refractivity contribution in [3.63, 3.8) is 0 Å². The normalized spacial score (nSPS) is 15.9. The predicted octanol–water partition coefficient (Wildman–Crippen LogP) is 2.39. The summed E-state index contributed by atoms with van der Waals surface area (Å²) in [5.74, 6) is 1.36. The summed E-state index contributed by atoms with van der Waals surface area (Å²) in [6.07, 6.45) is 1.89. The molecule has 0 unspecified atom stereocenters. The Bertz CT molecular complexity index is 455. The molecule has 22 heavy (non-hydrogen) atoms. The average molecular weight is 351 g/mol. The number of benzene rings is 1. The van der Waals surface area contributed by atoms with Crippen molar-refractivity contribution < 1.29 is 14.6 Å². The van der Waals surface area contributed by atoms with E-state index in [0.29, 0.717) is 11.5 Å². The van der Waals surface area contributed by atoms with Gasteiger partial charge in [0, 0.05) is 38.3 Å². The average Bonchev–Trinajstić information content (AvgIpc) is 2.49. The molecule has 1 saturated heterocycles. The Kier molecular flexibility index (Phi) is 9.28. The number of piperazine rings is 1. The molecule has 1 aromatic rings. The molecule has 1 heterocycles. The first-order valence-electron chi connectivity index (χ1n) is 6.73. The molecule has 0 aromatic heterocycles. The van der Waals surface area contributed by atoms with Crippen molar-refractivity contribution in [1.29, 1.82) is 0 Å². The highest BCUT2D eigenvalue weighted by Gasteiger charge is 2.26. The minimum atomic E-state index is 0. The Balaban J connectivity index is 0.00000220. The number of phenols is 1. The predicted molar refractivity (Wildman–Crippen MR) is 93.1 cm³/mol. The van der Waals surface area contributed by atoms with Crippen LogP contribution in [0.1, 0.15) is 11.6 Å². The first kappa shape index (κ1) is 20.9. The highest BCUT2D eigenvalue weighted by Crippen LogP contribution is 2.40. The van der Waals surface area contributed by atoms with Crippen LogP contribution in [0.3, 0.4) is 0 Å². The van der Waals surface area contributed by atoms with E-state index < -0.39 is 0 Å². The lowest BCUT2D eigenvalue weighted by molar-refractivity contribution is 0.197. The van der Waals surface area contributed by atoms with E-state index in [9.17, 15) is 5.11 Å². The van der Waals surface area contributed by atoms with Gasteiger partial charge in [0.2, 0.25) is 0 Å². The smallest absolute Gasteiger partial charge is 0.131 e. The van der Waals surface area contributed by atoms with Gasteiger partial charge < -0.3 is 19.9 Å². The molecule has 2 N–H and O–H groups in total. The maximum absolute atomic E-state index is 9.74. The Morgan fingerprint density at radius 1 is 1.18 bits per heavy atom. The van der Waals surface area contributed by atoms with Crippen LogP contribution in [0.2, 0.25) is 0 Å². The van der Waals surface area contributed by atoms with E-state index in [4.69, 9.17) is 9.47 Å². The van der Waals surface area contributed by atoms with Crippen LogP contribution in [-0.4, -0.2) is 50.4 Å². The van der Waals surface area contributed by atoms with E-state index in [-0.39, 0.29) is 36.6 Å². The number of phenolic OH excluding ortho intramolecular Hbond substituents is 1. The summed E-state index contributed by atoms with van der Waals surface area (Å²) in [4.78, 5) is 2.32. The van der Waals surface area contributed by atoms with E-state index in [1.54, 1.807) is 26.4 Å². The number of hydrogen-bond acceptors (Lipinski definition) is 5. The summed E-state index contributed by atoms with van der Waals surface area (Å²) in [5, 5.41) is 13.1. The standard InChI is InChI=1S/C15H22N2O3.2ClH/c1-4-12(17-7-5-16-6-8-17)15-13(19-2)9-11(18)10-14(15)20-3;;/h4,9-10,12,16,18H,1,5-8H2,2-3H3;2*1H/t12-;;/m1../s1. The van der Waals surface area contributed by atoms with Gasteiger partial charge in [0.1, 0.15) is 17.2 Å². The van der Waals surface area contributed by atoms with Crippen LogP contribution in [0.4, 0.5) is 0 Å². The Labute approximate surface area is 144 Å². The molecule has 0 spiro atoms. The maximum atomic E-state index is 9.74. The number of ether oxygens (including phenoxy) is 2. The van der Waals surface area contributed by atoms with Crippen molar-refractivity contribution in [3.8, 4) is 17.2 Å². The second-order valence-electron chi connectivity index (χ2n) is 4.73. The zero-order valence-corrected chi connectivity index (χ0v) is 14.5. The van der Waals surface area contributed by atoms with E-state index in [0.717, 1.165) is 31.7 Å². The summed E-state index contributed by atoms with van der Waals surface area (Å²) >= 11 is 0. The molecule has 126 valence electrons. The van der Waals surface area contributed by atoms with Crippen LogP contribution in [-0.2, 0) is 0 Å². The van der Waals surface area contributed by atoms with Gasteiger partial charge in [0.25, 0.3) is 0 Å². The lowest BCUT2D eigenvalue weighted by Gasteiger charge is -2.34. The molecular weight excluding hydrogens is 327 g/mol. The monoisotopic (exact) mass is 350 g/mol. The molecule has 0 amide bonds. The van der Waals surface area contributed by atoms with E-state index in [1.807, 2.05) is 6.08 Å². The topological polar surface area (TPSA) is 54.0 Å². The molecule has 1 aliphatic heterocycles. The third-order valence-electron chi connectivity index (χ3n) is 3.59. The van der Waals surface area contributed by atoms with Gasteiger partial charge in [-0.15, -0.1) is 31.4 Å². The molecule has 0 aliphatic carbocycles. The van der Waals surface area contributed by atoms with Gasteiger partial charge >= 0.3 is 0 Å². The van der Waals surface area contributed by atoms with Crippen LogP contribution in [0.15, 0.2) is 24.8 Å². The van der Waals surface area contributed by atoms with Crippen molar-refractivity contribution in [3.05, 3.63) is 30.4 Å². The van der Waals surface area contributed by atoms with Crippen LogP contribution >= 0.6 is 24.8 Å². The Hall–Kier alpha value is -1.14. The number of hydrogen-bond donors (Lipinski definition) is 2.